The predicted octanol–water partition coefficient (Wildman–Crippen LogP) is 2.16. The molecule has 1 aliphatic heterocycles. The Bertz CT molecular complexity index is 837. The summed E-state index contributed by atoms with van der Waals surface area (Å²) in [4.78, 5) is 24.7. The summed E-state index contributed by atoms with van der Waals surface area (Å²) in [6.45, 7) is 3.87. The second kappa shape index (κ2) is 6.27. The lowest BCUT2D eigenvalue weighted by atomic mass is 10.1. The van der Waals surface area contributed by atoms with E-state index in [1.54, 1.807) is 24.1 Å². The highest BCUT2D eigenvalue weighted by Crippen LogP contribution is 2.25. The molecule has 2 heterocycles. The monoisotopic (exact) mass is 325 g/mol. The number of nitrogens with zero attached hydrogens (tertiary/aromatic N) is 4. The summed E-state index contributed by atoms with van der Waals surface area (Å²) in [5.74, 6) is -0.424. The summed E-state index contributed by atoms with van der Waals surface area (Å²) in [5.41, 5.74) is 3.61. The number of carbonyl (C=O) groups excluding carboxylic acids is 2. The van der Waals surface area contributed by atoms with Gasteiger partial charge in [0.05, 0.1) is 17.6 Å². The maximum Gasteiger partial charge on any atom is 0.271 e. The molecule has 0 fully saturated rings. The van der Waals surface area contributed by atoms with Crippen molar-refractivity contribution >= 4 is 28.9 Å². The Balaban J connectivity index is 1.87. The van der Waals surface area contributed by atoms with E-state index in [2.05, 4.69) is 15.5 Å². The van der Waals surface area contributed by atoms with E-state index < -0.39 is 0 Å². The van der Waals surface area contributed by atoms with E-state index in [-0.39, 0.29) is 18.2 Å². The Morgan fingerprint density at radius 3 is 2.75 bits per heavy atom. The second-order valence-corrected chi connectivity index (χ2v) is 5.90. The van der Waals surface area contributed by atoms with Gasteiger partial charge in [-0.05, 0) is 31.0 Å². The van der Waals surface area contributed by atoms with Crippen molar-refractivity contribution in [3.05, 3.63) is 41.7 Å². The number of rotatable bonds is 3. The Hall–Kier alpha value is -2.96. The maximum atomic E-state index is 12.4. The topological polar surface area (TPSA) is 79.6 Å². The fourth-order valence-corrected chi connectivity index (χ4v) is 2.54. The van der Waals surface area contributed by atoms with Crippen LogP contribution in [0.25, 0.3) is 0 Å². The van der Waals surface area contributed by atoms with E-state index in [0.717, 1.165) is 11.1 Å². The quantitative estimate of drug-likeness (QED) is 0.939. The van der Waals surface area contributed by atoms with Crippen LogP contribution in [0.2, 0.25) is 0 Å². The van der Waals surface area contributed by atoms with Crippen LogP contribution in [0.3, 0.4) is 0 Å². The zero-order chi connectivity index (χ0) is 17.3. The van der Waals surface area contributed by atoms with Gasteiger partial charge in [0.1, 0.15) is 5.71 Å². The lowest BCUT2D eigenvalue weighted by Gasteiger charge is -2.24. The third-order valence-electron chi connectivity index (χ3n) is 3.85. The van der Waals surface area contributed by atoms with Gasteiger partial charge in [-0.3, -0.25) is 14.3 Å². The molecule has 1 aliphatic rings. The van der Waals surface area contributed by atoms with Crippen LogP contribution in [0.4, 0.5) is 11.4 Å². The first-order valence-corrected chi connectivity index (χ1v) is 7.72. The molecule has 0 unspecified atom stereocenters. The minimum absolute atomic E-state index is 0.110. The van der Waals surface area contributed by atoms with Crippen molar-refractivity contribution in [2.24, 2.45) is 12.1 Å². The molecule has 1 aromatic heterocycles. The summed E-state index contributed by atoms with van der Waals surface area (Å²) in [7, 11) is 1.77. The predicted molar refractivity (Wildman–Crippen MR) is 91.9 cm³/mol. The molecule has 0 saturated carbocycles. The Morgan fingerprint density at radius 2 is 2.04 bits per heavy atom. The zero-order valence-electron chi connectivity index (χ0n) is 13.9. The highest BCUT2D eigenvalue weighted by molar-refractivity contribution is 6.44. The summed E-state index contributed by atoms with van der Waals surface area (Å²) < 4.78 is 1.60. The van der Waals surface area contributed by atoms with Crippen molar-refractivity contribution in [2.75, 3.05) is 10.3 Å². The van der Waals surface area contributed by atoms with Crippen LogP contribution in [-0.2, 0) is 16.6 Å². The molecule has 2 amide bonds. The normalized spacial score (nSPS) is 14.5. The molecular formula is C17H19N5O2. The Kier molecular flexibility index (Phi) is 4.16. The smallest absolute Gasteiger partial charge is 0.271 e. The lowest BCUT2D eigenvalue weighted by Crippen LogP contribution is -2.36. The Morgan fingerprint density at radius 1 is 1.25 bits per heavy atom. The van der Waals surface area contributed by atoms with Gasteiger partial charge in [0.15, 0.2) is 0 Å². The summed E-state index contributed by atoms with van der Waals surface area (Å²) in [6.07, 6.45) is 3.85. The number of amides is 2. The molecule has 0 bridgehead atoms. The molecule has 0 radical (unpaired) electrons. The number of aromatic nitrogens is 2. The summed E-state index contributed by atoms with van der Waals surface area (Å²) >= 11 is 0. The van der Waals surface area contributed by atoms with E-state index in [4.69, 9.17) is 0 Å². The third-order valence-corrected chi connectivity index (χ3v) is 3.85. The number of carbonyl (C=O) groups is 2. The highest BCUT2D eigenvalue weighted by Gasteiger charge is 2.26. The molecule has 2 aromatic rings. The van der Waals surface area contributed by atoms with Gasteiger partial charge in [0.25, 0.3) is 5.91 Å². The minimum Gasteiger partial charge on any atom is -0.318 e. The zero-order valence-corrected chi connectivity index (χ0v) is 13.9. The average molecular weight is 325 g/mol. The van der Waals surface area contributed by atoms with Gasteiger partial charge in [-0.1, -0.05) is 12.1 Å². The van der Waals surface area contributed by atoms with Crippen LogP contribution in [0.5, 0.6) is 0 Å². The number of hydrogen-bond donors (Lipinski definition) is 1. The number of aryl methyl sites for hydroxylation is 3. The van der Waals surface area contributed by atoms with Crippen molar-refractivity contribution < 1.29 is 9.59 Å². The lowest BCUT2D eigenvalue weighted by molar-refractivity contribution is -0.118. The van der Waals surface area contributed by atoms with Crippen LogP contribution in [0.15, 0.2) is 35.7 Å². The maximum absolute atomic E-state index is 12.4. The van der Waals surface area contributed by atoms with Crippen molar-refractivity contribution in [1.29, 1.82) is 0 Å². The van der Waals surface area contributed by atoms with Crippen molar-refractivity contribution in [1.82, 2.24) is 9.78 Å². The van der Waals surface area contributed by atoms with Gasteiger partial charge in [-0.15, -0.1) is 0 Å². The molecule has 1 aromatic carbocycles. The molecule has 7 nitrogen and oxygen atoms in total. The van der Waals surface area contributed by atoms with Crippen LogP contribution >= 0.6 is 0 Å². The molecular weight excluding hydrogens is 306 g/mol. The number of anilines is 2. The SMILES string of the molecule is Cc1ccc(C)c(N2N=C(C(=O)Nc3cnn(C)c3)CCC2=O)c1. The van der Waals surface area contributed by atoms with Gasteiger partial charge in [0.2, 0.25) is 5.91 Å². The van der Waals surface area contributed by atoms with Crippen molar-refractivity contribution in [3.8, 4) is 0 Å². The van der Waals surface area contributed by atoms with Gasteiger partial charge < -0.3 is 5.32 Å². The molecule has 0 saturated heterocycles. The third kappa shape index (κ3) is 3.19. The van der Waals surface area contributed by atoms with Gasteiger partial charge >= 0.3 is 0 Å². The number of hydrazone groups is 1. The van der Waals surface area contributed by atoms with Crippen LogP contribution < -0.4 is 10.3 Å². The van der Waals surface area contributed by atoms with E-state index >= 15 is 0 Å². The second-order valence-electron chi connectivity index (χ2n) is 5.90. The summed E-state index contributed by atoms with van der Waals surface area (Å²) in [6, 6.07) is 5.82. The number of hydrogen-bond acceptors (Lipinski definition) is 4. The van der Waals surface area contributed by atoms with Crippen molar-refractivity contribution in [3.63, 3.8) is 0 Å². The van der Waals surface area contributed by atoms with Crippen LogP contribution in [0, 0.1) is 13.8 Å². The molecule has 3 rings (SSSR count). The molecule has 0 aliphatic carbocycles. The van der Waals surface area contributed by atoms with Gasteiger partial charge in [-0.2, -0.15) is 10.2 Å². The Labute approximate surface area is 140 Å². The van der Waals surface area contributed by atoms with E-state index in [1.165, 1.54) is 5.01 Å². The molecule has 0 spiro atoms. The molecule has 0 atom stereocenters. The van der Waals surface area contributed by atoms with Gasteiger partial charge in [0, 0.05) is 26.1 Å². The minimum atomic E-state index is -0.314. The first kappa shape index (κ1) is 15.9. The largest absolute Gasteiger partial charge is 0.318 e. The highest BCUT2D eigenvalue weighted by atomic mass is 16.2. The van der Waals surface area contributed by atoms with Gasteiger partial charge in [-0.25, -0.2) is 5.01 Å². The van der Waals surface area contributed by atoms with E-state index in [1.807, 2.05) is 32.0 Å². The molecule has 1 N–H and O–H groups in total. The van der Waals surface area contributed by atoms with Crippen LogP contribution in [-0.4, -0.2) is 27.3 Å². The standard InChI is InChI=1S/C17H19N5O2/c1-11-4-5-12(2)15(8-11)22-16(23)7-6-14(20-22)17(24)19-13-9-18-21(3)10-13/h4-5,8-10H,6-7H2,1-3H3,(H,19,24). The molecule has 7 heteroatoms. The number of benzene rings is 1. The average Bonchev–Trinajstić information content (AvgIpc) is 2.95. The number of nitrogens with one attached hydrogen (secondary N) is 1. The van der Waals surface area contributed by atoms with E-state index in [0.29, 0.717) is 23.5 Å². The molecule has 24 heavy (non-hydrogen) atoms. The first-order valence-electron chi connectivity index (χ1n) is 7.72. The van der Waals surface area contributed by atoms with E-state index in [9.17, 15) is 9.59 Å². The first-order chi connectivity index (χ1) is 11.4. The fraction of sp³-hybridized carbons (Fsp3) is 0.294. The van der Waals surface area contributed by atoms with Crippen molar-refractivity contribution in [2.45, 2.75) is 26.7 Å². The van der Waals surface area contributed by atoms with Crippen LogP contribution in [0.1, 0.15) is 24.0 Å². The summed E-state index contributed by atoms with van der Waals surface area (Å²) in [5, 5.41) is 12.4. The molecule has 124 valence electrons. The fourth-order valence-electron chi connectivity index (χ4n) is 2.54.